The number of nitrogens with two attached hydrogens (primary N) is 2. The molecule has 0 aromatic heterocycles. The van der Waals surface area contributed by atoms with Crippen LogP contribution in [-0.4, -0.2) is 19.3 Å². The molecule has 0 amide bonds. The summed E-state index contributed by atoms with van der Waals surface area (Å²) in [6, 6.07) is 0. The first kappa shape index (κ1) is 10.1. The molecule has 0 saturated carbocycles. The Balaban J connectivity index is 3.83. The average molecular weight is 168 g/mol. The quantitative estimate of drug-likeness (QED) is 0.447. The zero-order chi connectivity index (χ0) is 8.04. The predicted octanol–water partition coefficient (Wildman–Crippen LogP) is 0.0650. The maximum Gasteiger partial charge on any atom is 0.347 e. The van der Waals surface area contributed by atoms with E-state index in [0.717, 1.165) is 0 Å². The Morgan fingerprint density at radius 3 is 2.50 bits per heavy atom. The van der Waals surface area contributed by atoms with E-state index in [9.17, 15) is 4.57 Å². The Morgan fingerprint density at radius 1 is 1.60 bits per heavy atom. The van der Waals surface area contributed by atoms with E-state index < -0.39 is 7.60 Å². The van der Waals surface area contributed by atoms with Crippen LogP contribution >= 0.6 is 7.60 Å². The normalized spacial score (nSPS) is 16.7. The molecule has 0 saturated heterocycles. The molecule has 4 N–H and O–H groups in total. The van der Waals surface area contributed by atoms with Crippen molar-refractivity contribution in [1.29, 1.82) is 0 Å². The molecule has 0 fully saturated rings. The van der Waals surface area contributed by atoms with Gasteiger partial charge in [0.2, 0.25) is 0 Å². The highest BCUT2D eigenvalue weighted by atomic mass is 31.2. The van der Waals surface area contributed by atoms with Gasteiger partial charge < -0.3 is 10.3 Å². The van der Waals surface area contributed by atoms with E-state index in [1.165, 1.54) is 0 Å². The van der Waals surface area contributed by atoms with E-state index in [2.05, 4.69) is 4.62 Å². The summed E-state index contributed by atoms with van der Waals surface area (Å²) in [7, 11) is -3.05. The second-order valence-corrected chi connectivity index (χ2v) is 3.78. The lowest BCUT2D eigenvalue weighted by atomic mass is 10.8. The highest BCUT2D eigenvalue weighted by Crippen LogP contribution is 2.45. The van der Waals surface area contributed by atoms with Crippen LogP contribution in [0.4, 0.5) is 0 Å². The molecule has 1 atom stereocenters. The molecule has 1 unspecified atom stereocenters. The molecule has 0 rings (SSSR count). The van der Waals surface area contributed by atoms with Gasteiger partial charge in [-0.1, -0.05) is 0 Å². The zero-order valence-electron chi connectivity index (χ0n) is 5.95. The van der Waals surface area contributed by atoms with Crippen molar-refractivity contribution in [1.82, 2.24) is 0 Å². The van der Waals surface area contributed by atoms with Crippen LogP contribution in [0.25, 0.3) is 0 Å². The Labute approximate surface area is 60.2 Å². The fourth-order valence-corrected chi connectivity index (χ4v) is 1.51. The lowest BCUT2D eigenvalue weighted by molar-refractivity contribution is 0.216. The van der Waals surface area contributed by atoms with Crippen molar-refractivity contribution >= 4 is 7.60 Å². The summed E-state index contributed by atoms with van der Waals surface area (Å²) in [6.45, 7) is 2.27. The third kappa shape index (κ3) is 3.29. The van der Waals surface area contributed by atoms with Crippen molar-refractivity contribution in [3.8, 4) is 0 Å². The van der Waals surface area contributed by atoms with Crippen molar-refractivity contribution in [3.63, 3.8) is 0 Å². The largest absolute Gasteiger partial charge is 0.347 e. The van der Waals surface area contributed by atoms with Crippen molar-refractivity contribution in [2.75, 3.05) is 19.3 Å². The highest BCUT2D eigenvalue weighted by Gasteiger charge is 2.21. The summed E-state index contributed by atoms with van der Waals surface area (Å²) in [5.41, 5.74) is 5.13. The minimum atomic E-state index is -3.05. The van der Waals surface area contributed by atoms with Crippen molar-refractivity contribution in [2.45, 2.75) is 6.92 Å². The van der Waals surface area contributed by atoms with Crippen LogP contribution < -0.4 is 11.6 Å². The van der Waals surface area contributed by atoms with Gasteiger partial charge in [-0.15, -0.1) is 0 Å². The lowest BCUT2D eigenvalue weighted by Gasteiger charge is -2.12. The standard InChI is InChI=1S/C4H13N2O3P/c1-2-8-10(7,9-6)4-3-5/h2-6H2,1H3. The third-order valence-electron chi connectivity index (χ3n) is 0.889. The maximum atomic E-state index is 11.1. The van der Waals surface area contributed by atoms with Crippen LogP contribution in [-0.2, 0) is 13.7 Å². The van der Waals surface area contributed by atoms with Crippen LogP contribution in [0.3, 0.4) is 0 Å². The van der Waals surface area contributed by atoms with Gasteiger partial charge in [0.05, 0.1) is 12.8 Å². The molecule has 62 valence electrons. The van der Waals surface area contributed by atoms with Gasteiger partial charge in [0.15, 0.2) is 0 Å². The minimum Gasteiger partial charge on any atom is -0.330 e. The molecule has 0 heterocycles. The van der Waals surface area contributed by atoms with Gasteiger partial charge in [0.1, 0.15) is 0 Å². The second kappa shape index (κ2) is 4.82. The van der Waals surface area contributed by atoms with Gasteiger partial charge in [-0.25, -0.2) is 10.5 Å². The summed E-state index contributed by atoms with van der Waals surface area (Å²) in [5.74, 6) is 4.74. The minimum absolute atomic E-state index is 0.164. The smallest absolute Gasteiger partial charge is 0.330 e. The van der Waals surface area contributed by atoms with E-state index in [1.807, 2.05) is 0 Å². The monoisotopic (exact) mass is 168 g/mol. The molecule has 6 heteroatoms. The lowest BCUT2D eigenvalue weighted by Crippen LogP contribution is -2.11. The molecule has 0 aliphatic carbocycles. The van der Waals surface area contributed by atoms with Gasteiger partial charge in [0.25, 0.3) is 0 Å². The van der Waals surface area contributed by atoms with E-state index >= 15 is 0 Å². The van der Waals surface area contributed by atoms with Crippen LogP contribution in [0.15, 0.2) is 0 Å². The van der Waals surface area contributed by atoms with E-state index in [-0.39, 0.29) is 12.7 Å². The average Bonchev–Trinajstić information content (AvgIpc) is 1.89. The molecule has 0 spiro atoms. The molecule has 5 nitrogen and oxygen atoms in total. The van der Waals surface area contributed by atoms with Crippen molar-refractivity contribution < 1.29 is 13.7 Å². The molecule has 0 aromatic carbocycles. The molecule has 0 aliphatic rings. The summed E-state index contributed by atoms with van der Waals surface area (Å²) in [4.78, 5) is 0. The Bertz CT molecular complexity index is 120. The molecular formula is C4H13N2O3P. The van der Waals surface area contributed by atoms with Gasteiger partial charge in [-0.2, -0.15) is 0 Å². The molecule has 10 heavy (non-hydrogen) atoms. The van der Waals surface area contributed by atoms with Gasteiger partial charge in [-0.05, 0) is 6.92 Å². The molecule has 0 aliphatic heterocycles. The first-order valence-electron chi connectivity index (χ1n) is 3.00. The molecule has 0 aromatic rings. The predicted molar refractivity (Wildman–Crippen MR) is 38.4 cm³/mol. The van der Waals surface area contributed by atoms with Crippen LogP contribution in [0.1, 0.15) is 6.92 Å². The van der Waals surface area contributed by atoms with Gasteiger partial charge >= 0.3 is 7.60 Å². The van der Waals surface area contributed by atoms with Crippen molar-refractivity contribution in [2.24, 2.45) is 11.6 Å². The Kier molecular flexibility index (Phi) is 4.85. The fraction of sp³-hybridized carbons (Fsp3) is 1.00. The second-order valence-electron chi connectivity index (χ2n) is 1.65. The Hall–Kier alpha value is 0.0700. The van der Waals surface area contributed by atoms with E-state index in [0.29, 0.717) is 6.61 Å². The van der Waals surface area contributed by atoms with E-state index in [1.54, 1.807) is 6.92 Å². The maximum absolute atomic E-state index is 11.1. The summed E-state index contributed by atoms with van der Waals surface area (Å²) >= 11 is 0. The molecule has 0 radical (unpaired) electrons. The fourth-order valence-electron chi connectivity index (χ4n) is 0.502. The number of hydrogen-bond acceptors (Lipinski definition) is 5. The number of rotatable bonds is 5. The third-order valence-corrected chi connectivity index (χ3v) is 2.67. The van der Waals surface area contributed by atoms with E-state index in [4.69, 9.17) is 16.2 Å². The van der Waals surface area contributed by atoms with Gasteiger partial charge in [0, 0.05) is 6.54 Å². The topological polar surface area (TPSA) is 87.6 Å². The molecule has 0 bridgehead atoms. The SMILES string of the molecule is CCOP(=O)(CCN)ON. The van der Waals surface area contributed by atoms with Crippen LogP contribution in [0, 0.1) is 0 Å². The summed E-state index contributed by atoms with van der Waals surface area (Å²) in [6.07, 6.45) is 0.164. The molecular weight excluding hydrogens is 155 g/mol. The zero-order valence-corrected chi connectivity index (χ0v) is 6.84. The number of hydrogen-bond donors (Lipinski definition) is 2. The van der Waals surface area contributed by atoms with Gasteiger partial charge in [-0.3, -0.25) is 4.57 Å². The first-order chi connectivity index (χ1) is 4.68. The van der Waals surface area contributed by atoms with Crippen LogP contribution in [0.5, 0.6) is 0 Å². The Morgan fingerprint density at radius 2 is 2.20 bits per heavy atom. The van der Waals surface area contributed by atoms with Crippen LogP contribution in [0.2, 0.25) is 0 Å². The van der Waals surface area contributed by atoms with Crippen molar-refractivity contribution in [3.05, 3.63) is 0 Å². The highest BCUT2D eigenvalue weighted by molar-refractivity contribution is 7.53. The summed E-state index contributed by atoms with van der Waals surface area (Å²) < 4.78 is 20.1. The summed E-state index contributed by atoms with van der Waals surface area (Å²) in [5, 5.41) is 0. The first-order valence-corrected chi connectivity index (χ1v) is 4.73.